The van der Waals surface area contributed by atoms with Crippen molar-refractivity contribution in [2.75, 3.05) is 13.2 Å². The van der Waals surface area contributed by atoms with Crippen LogP contribution in [0.25, 0.3) is 0 Å². The van der Waals surface area contributed by atoms with Gasteiger partial charge in [0.15, 0.2) is 12.6 Å². The molecular weight excluding hydrogens is 472 g/mol. The lowest BCUT2D eigenvalue weighted by Crippen LogP contribution is -2.69. The Labute approximate surface area is 201 Å². The predicted molar refractivity (Wildman–Crippen MR) is 117 cm³/mol. The largest absolute Gasteiger partial charge is 0.394 e. The quantitative estimate of drug-likeness (QED) is 0.152. The number of primary amides is 1. The number of carbonyl (C=O) groups excluding carboxylic acids is 1. The SMILES string of the molecule is NCC1OC(OC2C(NC(N)=O)CC(N)C(OC3OC(CO)C(O)C(N)C3O)C2O)C(N)CC1O. The molecule has 0 spiro atoms. The van der Waals surface area contributed by atoms with E-state index in [4.69, 9.17) is 47.6 Å². The second kappa shape index (κ2) is 11.9. The average molecular weight is 511 g/mol. The van der Waals surface area contributed by atoms with Crippen LogP contribution in [0.5, 0.6) is 0 Å². The van der Waals surface area contributed by atoms with E-state index in [2.05, 4.69) is 5.32 Å². The highest BCUT2D eigenvalue weighted by atomic mass is 16.7. The highest BCUT2D eigenvalue weighted by molar-refractivity contribution is 5.72. The van der Waals surface area contributed by atoms with Crippen molar-refractivity contribution in [1.29, 1.82) is 0 Å². The summed E-state index contributed by atoms with van der Waals surface area (Å²) in [7, 11) is 0. The van der Waals surface area contributed by atoms with E-state index in [-0.39, 0.29) is 19.4 Å². The minimum absolute atomic E-state index is 0.00439. The lowest BCUT2D eigenvalue weighted by Gasteiger charge is -2.48. The van der Waals surface area contributed by atoms with Crippen molar-refractivity contribution in [2.24, 2.45) is 28.7 Å². The molecule has 0 aromatic rings. The van der Waals surface area contributed by atoms with Gasteiger partial charge in [-0.05, 0) is 12.8 Å². The molecule has 16 nitrogen and oxygen atoms in total. The molecule has 1 aliphatic carbocycles. The van der Waals surface area contributed by atoms with E-state index in [1.54, 1.807) is 0 Å². The van der Waals surface area contributed by atoms with Gasteiger partial charge in [0.05, 0.1) is 36.9 Å². The fourth-order valence-corrected chi connectivity index (χ4v) is 4.71. The van der Waals surface area contributed by atoms with Gasteiger partial charge in [-0.2, -0.15) is 0 Å². The van der Waals surface area contributed by atoms with Crippen molar-refractivity contribution in [1.82, 2.24) is 5.32 Å². The monoisotopic (exact) mass is 510 g/mol. The number of hydrogen-bond donors (Lipinski definition) is 11. The Morgan fingerprint density at radius 2 is 1.51 bits per heavy atom. The molecule has 2 aliphatic heterocycles. The van der Waals surface area contributed by atoms with Gasteiger partial charge >= 0.3 is 6.03 Å². The third-order valence-electron chi connectivity index (χ3n) is 6.70. The van der Waals surface area contributed by atoms with Crippen molar-refractivity contribution < 1.29 is 49.3 Å². The average Bonchev–Trinajstić information content (AvgIpc) is 2.79. The molecule has 3 aliphatic rings. The summed E-state index contributed by atoms with van der Waals surface area (Å²) < 4.78 is 22.8. The van der Waals surface area contributed by atoms with E-state index in [0.29, 0.717) is 0 Å². The van der Waals surface area contributed by atoms with E-state index < -0.39 is 98.2 Å². The summed E-state index contributed by atoms with van der Waals surface area (Å²) in [5, 5.41) is 53.6. The first kappa shape index (κ1) is 28.3. The molecule has 0 aromatic carbocycles. The van der Waals surface area contributed by atoms with E-state index >= 15 is 0 Å². The number of aliphatic hydroxyl groups is 5. The predicted octanol–water partition coefficient (Wildman–Crippen LogP) is -6.59. The Morgan fingerprint density at radius 3 is 2.11 bits per heavy atom. The van der Waals surface area contributed by atoms with Crippen molar-refractivity contribution in [3.63, 3.8) is 0 Å². The van der Waals surface area contributed by atoms with Crippen LogP contribution in [0.15, 0.2) is 0 Å². The third kappa shape index (κ3) is 6.19. The number of rotatable bonds is 7. The Hall–Kier alpha value is -1.25. The molecule has 16 heteroatoms. The first-order chi connectivity index (χ1) is 16.5. The van der Waals surface area contributed by atoms with Crippen LogP contribution in [0, 0.1) is 0 Å². The van der Waals surface area contributed by atoms with Crippen molar-refractivity contribution in [3.05, 3.63) is 0 Å². The minimum Gasteiger partial charge on any atom is -0.394 e. The van der Waals surface area contributed by atoms with Gasteiger partial charge in [0.1, 0.15) is 36.6 Å². The lowest BCUT2D eigenvalue weighted by atomic mass is 9.83. The summed E-state index contributed by atoms with van der Waals surface area (Å²) in [6.07, 6.45) is -12.0. The third-order valence-corrected chi connectivity index (χ3v) is 6.70. The molecule has 2 amide bonds. The molecule has 1 saturated carbocycles. The minimum atomic E-state index is -1.51. The molecule has 14 unspecified atom stereocenters. The Kier molecular flexibility index (Phi) is 9.60. The van der Waals surface area contributed by atoms with Crippen molar-refractivity contribution in [2.45, 2.75) is 98.4 Å². The van der Waals surface area contributed by atoms with Gasteiger partial charge < -0.3 is 78.5 Å². The molecule has 0 radical (unpaired) electrons. The number of amides is 2. The molecule has 14 atom stereocenters. The number of ether oxygens (including phenoxy) is 4. The summed E-state index contributed by atoms with van der Waals surface area (Å²) in [5.74, 6) is 0. The van der Waals surface area contributed by atoms with Crippen LogP contribution >= 0.6 is 0 Å². The molecule has 0 bridgehead atoms. The summed E-state index contributed by atoms with van der Waals surface area (Å²) in [5.41, 5.74) is 29.0. The standard InChI is InChI=1S/C19H38N6O10/c20-3-9-8(27)2-6(22)17(32-9)35-16-7(25-19(24)31)1-5(21)15(14(16)30)34-18-13(29)11(23)12(28)10(4-26)33-18/h5-18,26-30H,1-4,20-23H2,(H3,24,25,31). The Morgan fingerprint density at radius 1 is 0.886 bits per heavy atom. The highest BCUT2D eigenvalue weighted by Crippen LogP contribution is 2.31. The summed E-state index contributed by atoms with van der Waals surface area (Å²) in [6, 6.07) is -4.64. The fraction of sp³-hybridized carbons (Fsp3) is 0.947. The van der Waals surface area contributed by atoms with Crippen LogP contribution in [0.1, 0.15) is 12.8 Å². The van der Waals surface area contributed by atoms with E-state index in [0.717, 1.165) is 0 Å². The van der Waals surface area contributed by atoms with Crippen LogP contribution < -0.4 is 34.0 Å². The maximum Gasteiger partial charge on any atom is 0.312 e. The molecule has 3 rings (SSSR count). The summed E-state index contributed by atoms with van der Waals surface area (Å²) in [4.78, 5) is 11.6. The van der Waals surface area contributed by atoms with Crippen molar-refractivity contribution >= 4 is 6.03 Å². The van der Waals surface area contributed by atoms with Crippen LogP contribution in [0.4, 0.5) is 4.79 Å². The van der Waals surface area contributed by atoms with E-state index in [1.165, 1.54) is 0 Å². The number of carbonyl (C=O) groups is 1. The van der Waals surface area contributed by atoms with Gasteiger partial charge in [0.25, 0.3) is 0 Å². The normalized spacial score (nSPS) is 48.9. The molecule has 0 aromatic heterocycles. The van der Waals surface area contributed by atoms with Crippen LogP contribution in [0.2, 0.25) is 0 Å². The zero-order valence-electron chi connectivity index (χ0n) is 19.1. The number of hydrogen-bond acceptors (Lipinski definition) is 14. The molecule has 35 heavy (non-hydrogen) atoms. The molecule has 2 saturated heterocycles. The second-order valence-electron chi connectivity index (χ2n) is 9.24. The number of aliphatic hydroxyl groups excluding tert-OH is 5. The van der Waals surface area contributed by atoms with Crippen LogP contribution in [0.3, 0.4) is 0 Å². The topological polar surface area (TPSA) is 297 Å². The lowest BCUT2D eigenvalue weighted by molar-refractivity contribution is -0.315. The smallest absolute Gasteiger partial charge is 0.312 e. The molecule has 16 N–H and O–H groups in total. The highest BCUT2D eigenvalue weighted by Gasteiger charge is 2.51. The zero-order chi connectivity index (χ0) is 26.0. The Balaban J connectivity index is 1.78. The van der Waals surface area contributed by atoms with Gasteiger partial charge in [0, 0.05) is 12.6 Å². The summed E-state index contributed by atoms with van der Waals surface area (Å²) >= 11 is 0. The van der Waals surface area contributed by atoms with Crippen LogP contribution in [-0.4, -0.2) is 130 Å². The number of nitrogens with one attached hydrogen (secondary N) is 1. The number of nitrogens with two attached hydrogens (primary N) is 5. The van der Waals surface area contributed by atoms with Gasteiger partial charge in [-0.25, -0.2) is 4.79 Å². The molecular formula is C19H38N6O10. The summed E-state index contributed by atoms with van der Waals surface area (Å²) in [6.45, 7) is -0.599. The van der Waals surface area contributed by atoms with Gasteiger partial charge in [-0.1, -0.05) is 0 Å². The first-order valence-corrected chi connectivity index (χ1v) is 11.5. The van der Waals surface area contributed by atoms with Gasteiger partial charge in [-0.15, -0.1) is 0 Å². The maximum atomic E-state index is 11.6. The molecule has 204 valence electrons. The van der Waals surface area contributed by atoms with E-state index in [9.17, 15) is 30.3 Å². The first-order valence-electron chi connectivity index (χ1n) is 11.5. The van der Waals surface area contributed by atoms with E-state index in [1.807, 2.05) is 0 Å². The molecule has 3 fully saturated rings. The van der Waals surface area contributed by atoms with Gasteiger partial charge in [0.2, 0.25) is 0 Å². The number of urea groups is 1. The van der Waals surface area contributed by atoms with Crippen LogP contribution in [-0.2, 0) is 18.9 Å². The Bertz CT molecular complexity index is 709. The van der Waals surface area contributed by atoms with Gasteiger partial charge in [-0.3, -0.25) is 0 Å². The maximum absolute atomic E-state index is 11.6. The molecule has 2 heterocycles. The second-order valence-corrected chi connectivity index (χ2v) is 9.24. The zero-order valence-corrected chi connectivity index (χ0v) is 19.1. The fourth-order valence-electron chi connectivity index (χ4n) is 4.71. The van der Waals surface area contributed by atoms with Crippen molar-refractivity contribution in [3.8, 4) is 0 Å².